The molecule has 0 saturated heterocycles. The number of allylic oxidation sites excluding steroid dienone is 6. The van der Waals surface area contributed by atoms with Crippen LogP contribution in [0, 0.1) is 22.2 Å². The molecular weight excluding hydrogens is 661 g/mol. The minimum absolute atomic E-state index is 0.189. The molecule has 55 heavy (non-hydrogen) atoms. The Labute approximate surface area is 333 Å². The molecular formula is C55H64. The lowest BCUT2D eigenvalue weighted by atomic mass is 9.25. The van der Waals surface area contributed by atoms with Crippen molar-refractivity contribution in [3.05, 3.63) is 186 Å². The zero-order valence-electron chi connectivity index (χ0n) is 34.7. The molecule has 5 aromatic carbocycles. The zero-order valence-corrected chi connectivity index (χ0v) is 34.7. The Kier molecular flexibility index (Phi) is 11.0. The molecule has 0 radical (unpaired) electrons. The average molecular weight is 725 g/mol. The van der Waals surface area contributed by atoms with Crippen LogP contribution in [0.4, 0.5) is 0 Å². The third-order valence-corrected chi connectivity index (χ3v) is 15.1. The van der Waals surface area contributed by atoms with E-state index in [1.54, 1.807) is 11.1 Å². The number of benzene rings is 5. The number of rotatable bonds is 13. The fourth-order valence-electron chi connectivity index (χ4n) is 13.0. The lowest BCUT2D eigenvalue weighted by Gasteiger charge is -2.77. The summed E-state index contributed by atoms with van der Waals surface area (Å²) in [6, 6.07) is 51.6. The Morgan fingerprint density at radius 2 is 1.25 bits per heavy atom. The minimum atomic E-state index is -0.348. The summed E-state index contributed by atoms with van der Waals surface area (Å²) in [7, 11) is 0. The topological polar surface area (TPSA) is 0 Å². The van der Waals surface area contributed by atoms with Gasteiger partial charge in [0.25, 0.3) is 0 Å². The SMILES string of the molecule is CCCCC1(c2cccc3ccccc23)C(CC)=C(c2ccccc2)C(C)(c2ccccc2)C(CC)(Cc2ccccc2)C1(CCC)C1(C)C=CC=CC1C. The van der Waals surface area contributed by atoms with Crippen LogP contribution in [0.15, 0.2) is 163 Å². The molecule has 0 heterocycles. The number of hydrogen-bond acceptors (Lipinski definition) is 0. The largest absolute Gasteiger partial charge is 0.0808 e. The molecule has 0 amide bonds. The van der Waals surface area contributed by atoms with E-state index in [-0.39, 0.29) is 27.1 Å². The first-order valence-electron chi connectivity index (χ1n) is 21.5. The summed E-state index contributed by atoms with van der Waals surface area (Å²) in [5.74, 6) is 0.332. The van der Waals surface area contributed by atoms with E-state index in [2.05, 4.69) is 206 Å². The molecule has 0 aliphatic heterocycles. The molecule has 6 unspecified atom stereocenters. The maximum Gasteiger partial charge on any atom is 0.0245 e. The molecule has 0 saturated carbocycles. The van der Waals surface area contributed by atoms with E-state index in [9.17, 15) is 0 Å². The van der Waals surface area contributed by atoms with E-state index >= 15 is 0 Å². The first-order chi connectivity index (χ1) is 26.8. The summed E-state index contributed by atoms with van der Waals surface area (Å²) >= 11 is 0. The van der Waals surface area contributed by atoms with E-state index in [1.807, 2.05) is 0 Å². The second-order valence-corrected chi connectivity index (χ2v) is 17.2. The second kappa shape index (κ2) is 15.6. The summed E-state index contributed by atoms with van der Waals surface area (Å²) in [6.45, 7) is 17.9. The smallest absolute Gasteiger partial charge is 0.0245 e. The van der Waals surface area contributed by atoms with Gasteiger partial charge in [-0.2, -0.15) is 0 Å². The number of fused-ring (bicyclic) bond motifs is 1. The van der Waals surface area contributed by atoms with Crippen molar-refractivity contribution < 1.29 is 0 Å². The first-order valence-corrected chi connectivity index (χ1v) is 21.5. The normalized spacial score (nSPS) is 29.2. The maximum absolute atomic E-state index is 2.70. The van der Waals surface area contributed by atoms with Crippen molar-refractivity contribution in [2.45, 2.75) is 111 Å². The van der Waals surface area contributed by atoms with Gasteiger partial charge in [-0.15, -0.1) is 0 Å². The van der Waals surface area contributed by atoms with Crippen molar-refractivity contribution in [2.75, 3.05) is 0 Å². The van der Waals surface area contributed by atoms with Gasteiger partial charge in [-0.3, -0.25) is 0 Å². The fraction of sp³-hybridized carbons (Fsp3) is 0.382. The van der Waals surface area contributed by atoms with Crippen molar-refractivity contribution in [2.24, 2.45) is 22.2 Å². The van der Waals surface area contributed by atoms with Crippen LogP contribution in [0.3, 0.4) is 0 Å². The van der Waals surface area contributed by atoms with Crippen LogP contribution in [0.5, 0.6) is 0 Å². The molecule has 284 valence electrons. The summed E-state index contributed by atoms with van der Waals surface area (Å²) in [6.07, 6.45) is 18.6. The van der Waals surface area contributed by atoms with Crippen LogP contribution < -0.4 is 0 Å². The van der Waals surface area contributed by atoms with E-state index < -0.39 is 0 Å². The zero-order chi connectivity index (χ0) is 38.7. The van der Waals surface area contributed by atoms with Crippen LogP contribution in [0.2, 0.25) is 0 Å². The van der Waals surface area contributed by atoms with Crippen molar-refractivity contribution >= 4 is 16.3 Å². The molecule has 5 aromatic rings. The summed E-state index contributed by atoms with van der Waals surface area (Å²) in [5, 5.41) is 2.76. The summed E-state index contributed by atoms with van der Waals surface area (Å²) in [4.78, 5) is 0. The number of hydrogen-bond donors (Lipinski definition) is 0. The van der Waals surface area contributed by atoms with Gasteiger partial charge in [0, 0.05) is 16.2 Å². The van der Waals surface area contributed by atoms with Gasteiger partial charge in [0.2, 0.25) is 0 Å². The summed E-state index contributed by atoms with van der Waals surface area (Å²) < 4.78 is 0. The van der Waals surface area contributed by atoms with Gasteiger partial charge in [0.15, 0.2) is 0 Å². The fourth-order valence-corrected chi connectivity index (χ4v) is 13.0. The van der Waals surface area contributed by atoms with Crippen molar-refractivity contribution in [3.8, 4) is 0 Å². The van der Waals surface area contributed by atoms with Gasteiger partial charge in [-0.05, 0) is 87.5 Å². The molecule has 0 aromatic heterocycles. The first kappa shape index (κ1) is 38.8. The van der Waals surface area contributed by atoms with Gasteiger partial charge in [-0.1, -0.05) is 231 Å². The Hall–Kier alpha value is -4.42. The molecule has 0 fully saturated rings. The van der Waals surface area contributed by atoms with Crippen molar-refractivity contribution in [3.63, 3.8) is 0 Å². The third-order valence-electron chi connectivity index (χ3n) is 15.1. The molecule has 0 spiro atoms. The highest BCUT2D eigenvalue weighted by atomic mass is 14.8. The van der Waals surface area contributed by atoms with Gasteiger partial charge in [-0.25, -0.2) is 0 Å². The highest BCUT2D eigenvalue weighted by Gasteiger charge is 2.77. The third kappa shape index (κ3) is 5.60. The average Bonchev–Trinajstić information content (AvgIpc) is 3.23. The van der Waals surface area contributed by atoms with E-state index in [0.717, 1.165) is 51.4 Å². The van der Waals surface area contributed by atoms with Gasteiger partial charge in [0.05, 0.1) is 0 Å². The molecule has 7 rings (SSSR count). The Morgan fingerprint density at radius 3 is 1.89 bits per heavy atom. The summed E-state index contributed by atoms with van der Waals surface area (Å²) in [5.41, 5.74) is 7.68. The van der Waals surface area contributed by atoms with E-state index in [4.69, 9.17) is 0 Å². The standard InChI is InChI=1S/C55H64/c1-8-12-40-54(49-37-26-33-44-30-22-23-36-47(44)49)48(10-3)50(45-31-18-14-19-32-45)52(7,46-34-20-15-21-35-46)53(11-4,41-43-28-16-13-17-29-43)55(54,38-9-2)51(6)39-25-24-27-42(51)5/h13-37,39,42H,8-12,38,40-41H2,1-7H3. The predicted octanol–water partition coefficient (Wildman–Crippen LogP) is 15.3. The Morgan fingerprint density at radius 1 is 0.618 bits per heavy atom. The highest BCUT2D eigenvalue weighted by Crippen LogP contribution is 2.81. The van der Waals surface area contributed by atoms with Crippen LogP contribution in [0.1, 0.15) is 116 Å². The second-order valence-electron chi connectivity index (χ2n) is 17.2. The molecule has 0 N–H and O–H groups in total. The maximum atomic E-state index is 2.70. The molecule has 6 atom stereocenters. The highest BCUT2D eigenvalue weighted by molar-refractivity contribution is 5.91. The van der Waals surface area contributed by atoms with Gasteiger partial charge in [0.1, 0.15) is 0 Å². The van der Waals surface area contributed by atoms with E-state index in [1.165, 1.54) is 33.0 Å². The lowest BCUT2D eigenvalue weighted by molar-refractivity contribution is -0.171. The minimum Gasteiger partial charge on any atom is -0.0808 e. The van der Waals surface area contributed by atoms with Crippen molar-refractivity contribution in [1.29, 1.82) is 0 Å². The van der Waals surface area contributed by atoms with Crippen LogP contribution in [-0.4, -0.2) is 0 Å². The Balaban J connectivity index is 1.87. The molecule has 0 bridgehead atoms. The van der Waals surface area contributed by atoms with Crippen LogP contribution in [0.25, 0.3) is 16.3 Å². The molecule has 0 heteroatoms. The van der Waals surface area contributed by atoms with Crippen molar-refractivity contribution in [1.82, 2.24) is 0 Å². The van der Waals surface area contributed by atoms with Crippen LogP contribution >= 0.6 is 0 Å². The van der Waals surface area contributed by atoms with Gasteiger partial charge >= 0.3 is 0 Å². The molecule has 2 aliphatic rings. The predicted molar refractivity (Wildman–Crippen MR) is 238 cm³/mol. The van der Waals surface area contributed by atoms with Gasteiger partial charge < -0.3 is 0 Å². The molecule has 2 aliphatic carbocycles. The van der Waals surface area contributed by atoms with E-state index in [0.29, 0.717) is 5.92 Å². The number of unbranched alkanes of at least 4 members (excludes halogenated alkanes) is 1. The van der Waals surface area contributed by atoms with Crippen LogP contribution in [-0.2, 0) is 17.3 Å². The quantitative estimate of drug-likeness (QED) is 0.113. The molecule has 0 nitrogen and oxygen atoms in total. The lowest BCUT2D eigenvalue weighted by Crippen LogP contribution is -2.73. The Bertz CT molecular complexity index is 2150. The monoisotopic (exact) mass is 725 g/mol.